The maximum Gasteiger partial charge on any atom is 0.248 e. The number of fused-ring (bicyclic) bond motifs is 1. The maximum absolute atomic E-state index is 11.0. The third kappa shape index (κ3) is 1.16. The lowest BCUT2D eigenvalue weighted by Gasteiger charge is -2.22. The van der Waals surface area contributed by atoms with Crippen molar-refractivity contribution < 1.29 is 0 Å². The molecule has 1 atom stereocenters. The van der Waals surface area contributed by atoms with E-state index in [1.807, 2.05) is 0 Å². The standard InChI is InChI=1S/C9H12N2O/c1-6-3-10-4-7-5-11-9(12)2-8(6)7/h2,5-6,10H,3-4H2,1H3,(H,11,12). The molecule has 0 aromatic carbocycles. The number of nitrogens with one attached hydrogen (secondary N) is 2. The Morgan fingerprint density at radius 2 is 2.42 bits per heavy atom. The van der Waals surface area contributed by atoms with Gasteiger partial charge < -0.3 is 10.3 Å². The SMILES string of the molecule is CC1CNCc2c[nH]c(=O)cc21. The number of hydrogen-bond donors (Lipinski definition) is 2. The smallest absolute Gasteiger partial charge is 0.248 e. The van der Waals surface area contributed by atoms with E-state index in [0.717, 1.165) is 13.1 Å². The van der Waals surface area contributed by atoms with E-state index in [9.17, 15) is 4.79 Å². The van der Waals surface area contributed by atoms with Crippen LogP contribution in [0.4, 0.5) is 0 Å². The lowest BCUT2D eigenvalue weighted by Crippen LogP contribution is -2.28. The van der Waals surface area contributed by atoms with Crippen LogP contribution in [-0.4, -0.2) is 11.5 Å². The van der Waals surface area contributed by atoms with Crippen molar-refractivity contribution in [2.45, 2.75) is 19.4 Å². The largest absolute Gasteiger partial charge is 0.329 e. The molecule has 0 fully saturated rings. The Kier molecular flexibility index (Phi) is 1.73. The molecular weight excluding hydrogens is 152 g/mol. The second-order valence-corrected chi connectivity index (χ2v) is 3.31. The van der Waals surface area contributed by atoms with Crippen LogP contribution in [-0.2, 0) is 6.54 Å². The Hall–Kier alpha value is -1.09. The summed E-state index contributed by atoms with van der Waals surface area (Å²) in [7, 11) is 0. The molecule has 1 aliphatic heterocycles. The Bertz CT molecular complexity index is 343. The summed E-state index contributed by atoms with van der Waals surface area (Å²) in [4.78, 5) is 13.7. The van der Waals surface area contributed by atoms with E-state index < -0.39 is 0 Å². The molecule has 2 N–H and O–H groups in total. The van der Waals surface area contributed by atoms with Crippen LogP contribution in [0.2, 0.25) is 0 Å². The highest BCUT2D eigenvalue weighted by Gasteiger charge is 2.15. The average molecular weight is 164 g/mol. The third-order valence-electron chi connectivity index (χ3n) is 2.34. The van der Waals surface area contributed by atoms with E-state index in [1.165, 1.54) is 11.1 Å². The quantitative estimate of drug-likeness (QED) is 0.589. The van der Waals surface area contributed by atoms with Crippen molar-refractivity contribution >= 4 is 0 Å². The number of hydrogen-bond acceptors (Lipinski definition) is 2. The Morgan fingerprint density at radius 1 is 1.58 bits per heavy atom. The van der Waals surface area contributed by atoms with Gasteiger partial charge in [-0.3, -0.25) is 4.79 Å². The first-order valence-electron chi connectivity index (χ1n) is 4.19. The topological polar surface area (TPSA) is 44.9 Å². The molecule has 0 spiro atoms. The Morgan fingerprint density at radius 3 is 3.25 bits per heavy atom. The van der Waals surface area contributed by atoms with Gasteiger partial charge in [0, 0.05) is 25.4 Å². The number of rotatable bonds is 0. The molecular formula is C9H12N2O. The highest BCUT2D eigenvalue weighted by atomic mass is 16.1. The first-order valence-corrected chi connectivity index (χ1v) is 4.19. The van der Waals surface area contributed by atoms with Crippen molar-refractivity contribution in [2.24, 2.45) is 0 Å². The van der Waals surface area contributed by atoms with Gasteiger partial charge in [-0.15, -0.1) is 0 Å². The van der Waals surface area contributed by atoms with Crippen molar-refractivity contribution in [3.63, 3.8) is 0 Å². The van der Waals surface area contributed by atoms with Crippen LogP contribution in [0.1, 0.15) is 24.0 Å². The van der Waals surface area contributed by atoms with Gasteiger partial charge in [0.05, 0.1) is 0 Å². The summed E-state index contributed by atoms with van der Waals surface area (Å²) in [6.45, 7) is 3.97. The number of H-pyrrole nitrogens is 1. The summed E-state index contributed by atoms with van der Waals surface area (Å²) in [5, 5.41) is 3.29. The minimum Gasteiger partial charge on any atom is -0.329 e. The van der Waals surface area contributed by atoms with Crippen molar-refractivity contribution in [3.8, 4) is 0 Å². The summed E-state index contributed by atoms with van der Waals surface area (Å²) in [5.74, 6) is 0.455. The molecule has 1 aromatic heterocycles. The molecule has 1 aliphatic rings. The zero-order valence-corrected chi connectivity index (χ0v) is 7.05. The van der Waals surface area contributed by atoms with E-state index in [4.69, 9.17) is 0 Å². The molecule has 0 saturated carbocycles. The number of pyridine rings is 1. The van der Waals surface area contributed by atoms with E-state index >= 15 is 0 Å². The zero-order chi connectivity index (χ0) is 8.55. The molecule has 3 heteroatoms. The van der Waals surface area contributed by atoms with Gasteiger partial charge in [-0.2, -0.15) is 0 Å². The molecule has 0 bridgehead atoms. The molecule has 0 amide bonds. The molecule has 0 saturated heterocycles. The monoisotopic (exact) mass is 164 g/mol. The number of aromatic nitrogens is 1. The Balaban J connectivity index is 2.54. The van der Waals surface area contributed by atoms with Gasteiger partial charge in [0.1, 0.15) is 0 Å². The first kappa shape index (κ1) is 7.55. The van der Waals surface area contributed by atoms with Crippen LogP contribution < -0.4 is 10.9 Å². The highest BCUT2D eigenvalue weighted by Crippen LogP contribution is 2.20. The molecule has 1 unspecified atom stereocenters. The van der Waals surface area contributed by atoms with Crippen LogP contribution in [0, 0.1) is 0 Å². The summed E-state index contributed by atoms with van der Waals surface area (Å²) in [6.07, 6.45) is 1.81. The summed E-state index contributed by atoms with van der Waals surface area (Å²) in [6, 6.07) is 1.71. The molecule has 3 nitrogen and oxygen atoms in total. The summed E-state index contributed by atoms with van der Waals surface area (Å²) >= 11 is 0. The molecule has 0 radical (unpaired) electrons. The van der Waals surface area contributed by atoms with Crippen LogP contribution in [0.25, 0.3) is 0 Å². The number of aromatic amines is 1. The van der Waals surface area contributed by atoms with Crippen LogP contribution in [0.5, 0.6) is 0 Å². The van der Waals surface area contributed by atoms with Gasteiger partial charge in [0.25, 0.3) is 0 Å². The lowest BCUT2D eigenvalue weighted by atomic mass is 9.94. The fourth-order valence-corrected chi connectivity index (χ4v) is 1.66. The van der Waals surface area contributed by atoms with E-state index in [1.54, 1.807) is 12.3 Å². The predicted octanol–water partition coefficient (Wildman–Crippen LogP) is 0.582. The third-order valence-corrected chi connectivity index (χ3v) is 2.34. The minimum absolute atomic E-state index is 0.00231. The predicted molar refractivity (Wildman–Crippen MR) is 47.2 cm³/mol. The van der Waals surface area contributed by atoms with Crippen LogP contribution in [0.15, 0.2) is 17.1 Å². The van der Waals surface area contributed by atoms with E-state index in [-0.39, 0.29) is 5.56 Å². The van der Waals surface area contributed by atoms with Crippen molar-refractivity contribution in [2.75, 3.05) is 6.54 Å². The average Bonchev–Trinajstić information content (AvgIpc) is 2.07. The van der Waals surface area contributed by atoms with Gasteiger partial charge in [0.2, 0.25) is 5.56 Å². The molecule has 64 valence electrons. The molecule has 2 heterocycles. The van der Waals surface area contributed by atoms with Gasteiger partial charge >= 0.3 is 0 Å². The van der Waals surface area contributed by atoms with Gasteiger partial charge in [0.15, 0.2) is 0 Å². The molecule has 2 rings (SSSR count). The summed E-state index contributed by atoms with van der Waals surface area (Å²) < 4.78 is 0. The van der Waals surface area contributed by atoms with Crippen molar-refractivity contribution in [3.05, 3.63) is 33.7 Å². The Labute approximate surface area is 70.8 Å². The van der Waals surface area contributed by atoms with Crippen molar-refractivity contribution in [1.82, 2.24) is 10.3 Å². The normalized spacial score (nSPS) is 21.9. The van der Waals surface area contributed by atoms with Crippen LogP contribution in [0.3, 0.4) is 0 Å². The lowest BCUT2D eigenvalue weighted by molar-refractivity contribution is 0.568. The molecule has 12 heavy (non-hydrogen) atoms. The molecule has 0 aliphatic carbocycles. The van der Waals surface area contributed by atoms with Gasteiger partial charge in [-0.1, -0.05) is 6.92 Å². The fraction of sp³-hybridized carbons (Fsp3) is 0.444. The highest BCUT2D eigenvalue weighted by molar-refractivity contribution is 5.28. The second kappa shape index (κ2) is 2.75. The zero-order valence-electron chi connectivity index (χ0n) is 7.05. The fourth-order valence-electron chi connectivity index (χ4n) is 1.66. The summed E-state index contributed by atoms with van der Waals surface area (Å²) in [5.41, 5.74) is 2.41. The second-order valence-electron chi connectivity index (χ2n) is 3.31. The minimum atomic E-state index is 0.00231. The first-order chi connectivity index (χ1) is 5.77. The van der Waals surface area contributed by atoms with Gasteiger partial charge in [-0.25, -0.2) is 0 Å². The van der Waals surface area contributed by atoms with Gasteiger partial charge in [-0.05, 0) is 17.0 Å². The maximum atomic E-state index is 11.0. The van der Waals surface area contributed by atoms with Crippen LogP contribution >= 0.6 is 0 Å². The van der Waals surface area contributed by atoms with E-state index in [2.05, 4.69) is 17.2 Å². The van der Waals surface area contributed by atoms with Crippen molar-refractivity contribution in [1.29, 1.82) is 0 Å². The van der Waals surface area contributed by atoms with E-state index in [0.29, 0.717) is 5.92 Å². The molecule has 1 aromatic rings.